The highest BCUT2D eigenvalue weighted by Gasteiger charge is 2.72. The lowest BCUT2D eigenvalue weighted by atomic mass is 9.74. The van der Waals surface area contributed by atoms with Crippen LogP contribution in [0.5, 0.6) is 0 Å². The Hall–Kier alpha value is -2.15. The molecule has 2 saturated heterocycles. The van der Waals surface area contributed by atoms with Gasteiger partial charge in [-0.3, -0.25) is 14.4 Å². The van der Waals surface area contributed by atoms with Gasteiger partial charge in [-0.05, 0) is 25.7 Å². The van der Waals surface area contributed by atoms with E-state index in [1.54, 1.807) is 11.0 Å². The summed E-state index contributed by atoms with van der Waals surface area (Å²) in [5, 5.41) is 6.38. The first kappa shape index (κ1) is 21.7. The number of carbonyl (C=O) groups is 3. The van der Waals surface area contributed by atoms with Crippen molar-refractivity contribution in [3.8, 4) is 0 Å². The average Bonchev–Trinajstić information content (AvgIpc) is 3.43. The van der Waals surface area contributed by atoms with E-state index in [9.17, 15) is 14.4 Å². The summed E-state index contributed by atoms with van der Waals surface area (Å²) in [7, 11) is 0. The van der Waals surface area contributed by atoms with Crippen LogP contribution >= 0.6 is 0 Å². The van der Waals surface area contributed by atoms with Gasteiger partial charge in [0, 0.05) is 18.6 Å². The van der Waals surface area contributed by atoms with Crippen LogP contribution in [0.1, 0.15) is 64.2 Å². The lowest BCUT2D eigenvalue weighted by Crippen LogP contribution is -2.56. The first-order valence-corrected chi connectivity index (χ1v) is 12.4. The van der Waals surface area contributed by atoms with E-state index in [0.29, 0.717) is 0 Å². The van der Waals surface area contributed by atoms with Gasteiger partial charge in [0.05, 0.1) is 17.9 Å². The topological polar surface area (TPSA) is 87.7 Å². The van der Waals surface area contributed by atoms with E-state index in [1.165, 1.54) is 12.8 Å². The van der Waals surface area contributed by atoms with Gasteiger partial charge in [-0.1, -0.05) is 56.8 Å². The fraction of sp³-hybridized carbons (Fsp3) is 0.720. The van der Waals surface area contributed by atoms with Crippen molar-refractivity contribution in [2.75, 3.05) is 6.54 Å². The highest BCUT2D eigenvalue weighted by Crippen LogP contribution is 2.55. The Morgan fingerprint density at radius 2 is 1.62 bits per heavy atom. The highest BCUT2D eigenvalue weighted by molar-refractivity contribution is 6.00. The highest BCUT2D eigenvalue weighted by atomic mass is 16.5. The van der Waals surface area contributed by atoms with E-state index in [2.05, 4.69) is 17.2 Å². The van der Waals surface area contributed by atoms with Crippen LogP contribution in [0.15, 0.2) is 24.8 Å². The third-order valence-corrected chi connectivity index (χ3v) is 8.15. The van der Waals surface area contributed by atoms with Crippen LogP contribution in [0.3, 0.4) is 0 Å². The molecule has 5 aliphatic rings. The fourth-order valence-electron chi connectivity index (χ4n) is 6.67. The number of hydrogen-bond acceptors (Lipinski definition) is 4. The van der Waals surface area contributed by atoms with Crippen molar-refractivity contribution < 1.29 is 19.1 Å². The van der Waals surface area contributed by atoms with E-state index in [4.69, 9.17) is 4.74 Å². The van der Waals surface area contributed by atoms with Gasteiger partial charge in [0.15, 0.2) is 0 Å². The molecule has 0 radical (unpaired) electrons. The summed E-state index contributed by atoms with van der Waals surface area (Å²) in [5.74, 6) is -1.71. The molecule has 174 valence electrons. The van der Waals surface area contributed by atoms with Crippen molar-refractivity contribution in [2.24, 2.45) is 11.8 Å². The van der Waals surface area contributed by atoms with Crippen LogP contribution in [-0.4, -0.2) is 59.0 Å². The molecule has 2 N–H and O–H groups in total. The quantitative estimate of drug-likeness (QED) is 0.619. The summed E-state index contributed by atoms with van der Waals surface area (Å²) in [6, 6.07) is -0.462. The Kier molecular flexibility index (Phi) is 5.86. The van der Waals surface area contributed by atoms with Gasteiger partial charge >= 0.3 is 0 Å². The number of fused-ring (bicyclic) bond motifs is 1. The second-order valence-electron chi connectivity index (χ2n) is 10.2. The van der Waals surface area contributed by atoms with Gasteiger partial charge in [-0.15, -0.1) is 6.58 Å². The van der Waals surface area contributed by atoms with E-state index in [1.807, 2.05) is 12.2 Å². The lowest BCUT2D eigenvalue weighted by Gasteiger charge is -2.33. The zero-order chi connectivity index (χ0) is 22.3. The molecule has 2 saturated carbocycles. The minimum atomic E-state index is -1.07. The standard InChI is InChI=1S/C25H35N3O4/c1-2-15-28-21(23(30)27-17-11-7-4-8-12-17)25-14-13-18(32-25)19(20(25)24(28)31)22(29)26-16-9-5-3-6-10-16/h2,13-14,16-21H,1,3-12,15H2,(H,26,29)(H,27,30)/t18-,19-,20+,21-,25+/m1/s1. The molecule has 5 rings (SSSR count). The van der Waals surface area contributed by atoms with Crippen LogP contribution in [0.25, 0.3) is 0 Å². The SMILES string of the molecule is C=CCN1C(=O)[C@@H]2[C@H](C(=O)NC3CCCCC3)[C@H]3C=C[C@@]2(O3)[C@H]1C(=O)NC1CCCCC1. The van der Waals surface area contributed by atoms with Gasteiger partial charge < -0.3 is 20.3 Å². The fourth-order valence-corrected chi connectivity index (χ4v) is 6.67. The third kappa shape index (κ3) is 3.49. The minimum absolute atomic E-state index is 0.113. The minimum Gasteiger partial charge on any atom is -0.359 e. The van der Waals surface area contributed by atoms with Crippen molar-refractivity contribution in [1.29, 1.82) is 0 Å². The monoisotopic (exact) mass is 441 g/mol. The molecule has 0 aromatic heterocycles. The molecule has 32 heavy (non-hydrogen) atoms. The molecule has 0 aromatic carbocycles. The number of ether oxygens (including phenoxy) is 1. The molecule has 3 heterocycles. The van der Waals surface area contributed by atoms with Gasteiger partial charge in [0.2, 0.25) is 17.7 Å². The number of rotatable bonds is 6. The molecular formula is C25H35N3O4. The number of nitrogens with one attached hydrogen (secondary N) is 2. The summed E-state index contributed by atoms with van der Waals surface area (Å²) in [5.41, 5.74) is -1.07. The van der Waals surface area contributed by atoms with E-state index in [-0.39, 0.29) is 36.3 Å². The molecule has 5 atom stereocenters. The van der Waals surface area contributed by atoms with Gasteiger partial charge in [0.25, 0.3) is 0 Å². The number of nitrogens with zero attached hydrogens (tertiary/aromatic N) is 1. The van der Waals surface area contributed by atoms with Crippen molar-refractivity contribution >= 4 is 17.7 Å². The normalized spacial score (nSPS) is 36.9. The van der Waals surface area contributed by atoms with Gasteiger partial charge in [-0.2, -0.15) is 0 Å². The third-order valence-electron chi connectivity index (χ3n) is 8.15. The second kappa shape index (κ2) is 8.65. The van der Waals surface area contributed by atoms with Crippen LogP contribution in [0.4, 0.5) is 0 Å². The van der Waals surface area contributed by atoms with E-state index in [0.717, 1.165) is 51.4 Å². The summed E-state index contributed by atoms with van der Waals surface area (Å²) in [4.78, 5) is 42.0. The summed E-state index contributed by atoms with van der Waals surface area (Å²) < 4.78 is 6.35. The van der Waals surface area contributed by atoms with Crippen LogP contribution in [-0.2, 0) is 19.1 Å². The summed E-state index contributed by atoms with van der Waals surface area (Å²) in [6.45, 7) is 4.05. The number of carbonyl (C=O) groups excluding carboxylic acids is 3. The largest absolute Gasteiger partial charge is 0.359 e. The zero-order valence-corrected chi connectivity index (χ0v) is 18.8. The molecule has 3 amide bonds. The van der Waals surface area contributed by atoms with Crippen molar-refractivity contribution in [2.45, 2.75) is 94.0 Å². The van der Waals surface area contributed by atoms with Crippen LogP contribution in [0.2, 0.25) is 0 Å². The molecule has 7 heteroatoms. The maximum Gasteiger partial charge on any atom is 0.246 e. The second-order valence-corrected chi connectivity index (χ2v) is 10.2. The first-order valence-electron chi connectivity index (χ1n) is 12.4. The molecule has 1 spiro atoms. The molecule has 2 aliphatic carbocycles. The van der Waals surface area contributed by atoms with Gasteiger partial charge in [-0.25, -0.2) is 0 Å². The predicted molar refractivity (Wildman–Crippen MR) is 119 cm³/mol. The molecule has 3 aliphatic heterocycles. The predicted octanol–water partition coefficient (Wildman–Crippen LogP) is 2.22. The molecule has 0 unspecified atom stereocenters. The molecule has 2 bridgehead atoms. The summed E-state index contributed by atoms with van der Waals surface area (Å²) >= 11 is 0. The Balaban J connectivity index is 1.39. The number of hydrogen-bond donors (Lipinski definition) is 2. The Bertz CT molecular complexity index is 814. The number of amides is 3. The zero-order valence-electron chi connectivity index (χ0n) is 18.8. The summed E-state index contributed by atoms with van der Waals surface area (Å²) in [6.07, 6.45) is 15.7. The Morgan fingerprint density at radius 3 is 2.22 bits per heavy atom. The number of likely N-dealkylation sites (tertiary alicyclic amines) is 1. The van der Waals surface area contributed by atoms with Crippen molar-refractivity contribution in [3.05, 3.63) is 24.8 Å². The Labute approximate surface area is 190 Å². The smallest absolute Gasteiger partial charge is 0.246 e. The van der Waals surface area contributed by atoms with E-state index < -0.39 is 29.6 Å². The van der Waals surface area contributed by atoms with Crippen molar-refractivity contribution in [3.63, 3.8) is 0 Å². The average molecular weight is 442 g/mol. The maximum absolute atomic E-state index is 13.6. The van der Waals surface area contributed by atoms with E-state index >= 15 is 0 Å². The Morgan fingerprint density at radius 1 is 1.03 bits per heavy atom. The molecule has 0 aromatic rings. The van der Waals surface area contributed by atoms with Crippen LogP contribution in [0, 0.1) is 11.8 Å². The lowest BCUT2D eigenvalue weighted by molar-refractivity contribution is -0.141. The van der Waals surface area contributed by atoms with Crippen molar-refractivity contribution in [1.82, 2.24) is 15.5 Å². The first-order chi connectivity index (χ1) is 15.5. The molecule has 4 fully saturated rings. The molecule has 7 nitrogen and oxygen atoms in total. The maximum atomic E-state index is 13.6. The van der Waals surface area contributed by atoms with Gasteiger partial charge in [0.1, 0.15) is 11.6 Å². The van der Waals surface area contributed by atoms with Crippen LogP contribution < -0.4 is 10.6 Å². The molecular weight excluding hydrogens is 406 g/mol.